The van der Waals surface area contributed by atoms with Crippen LogP contribution in [0.4, 0.5) is 8.78 Å². The first kappa shape index (κ1) is 25.1. The molecule has 0 bridgehead atoms. The quantitative estimate of drug-likeness (QED) is 0.256. The van der Waals surface area contributed by atoms with Crippen molar-refractivity contribution in [3.8, 4) is 5.75 Å². The number of allylic oxidation sites excluding steroid dienone is 2. The Morgan fingerprint density at radius 1 is 1.11 bits per heavy atom. The lowest BCUT2D eigenvalue weighted by Gasteiger charge is -2.29. The maximum absolute atomic E-state index is 14.6. The predicted octanol–water partition coefficient (Wildman–Crippen LogP) is 5.74. The Labute approximate surface area is 218 Å². The Balaban J connectivity index is 1.30. The Hall–Kier alpha value is -4.56. The minimum absolute atomic E-state index is 0.0991. The fourth-order valence-corrected chi connectivity index (χ4v) is 4.42. The van der Waals surface area contributed by atoms with Crippen molar-refractivity contribution in [2.45, 2.75) is 12.1 Å². The lowest BCUT2D eigenvalue weighted by Crippen LogP contribution is -2.39. The van der Waals surface area contributed by atoms with Gasteiger partial charge in [0.1, 0.15) is 42.2 Å². The zero-order valence-electron chi connectivity index (χ0n) is 20.8. The second-order valence-corrected chi connectivity index (χ2v) is 9.13. The molecule has 1 atom stereocenters. The van der Waals surface area contributed by atoms with Crippen LogP contribution < -0.4 is 4.74 Å². The van der Waals surface area contributed by atoms with Crippen LogP contribution in [0.25, 0.3) is 22.6 Å². The summed E-state index contributed by atoms with van der Waals surface area (Å²) in [7, 11) is 2.02. The molecule has 3 aromatic carbocycles. The van der Waals surface area contributed by atoms with E-state index in [-0.39, 0.29) is 18.7 Å². The summed E-state index contributed by atoms with van der Waals surface area (Å²) < 4.78 is 37.4. The third kappa shape index (κ3) is 5.26. The van der Waals surface area contributed by atoms with Gasteiger partial charge in [-0.1, -0.05) is 55.1 Å². The SMILES string of the molecule is C=C(/C=C/c1cn(C)c2ccccc12)c1ccc(OCC(O)(Cn2cncn2)c2ccc(F)cc2F)cc1. The number of halogens is 2. The minimum Gasteiger partial charge on any atom is -0.490 e. The van der Waals surface area contributed by atoms with E-state index in [4.69, 9.17) is 4.74 Å². The van der Waals surface area contributed by atoms with Crippen LogP contribution in [-0.4, -0.2) is 31.0 Å². The standard InChI is InChI=1S/C30H26F2N4O2/c1-21(7-8-23-16-35(2)29-6-4-3-5-26(23)29)22-9-12-25(13-10-22)38-18-30(37,17-36-20-33-19-34-36)27-14-11-24(31)15-28(27)32/h3-16,19-20,37H,1,17-18H2,2H3/b8-7+. The topological polar surface area (TPSA) is 65.1 Å². The van der Waals surface area contributed by atoms with Crippen molar-refractivity contribution in [2.24, 2.45) is 7.05 Å². The highest BCUT2D eigenvalue weighted by molar-refractivity contribution is 5.91. The van der Waals surface area contributed by atoms with Crippen LogP contribution in [0, 0.1) is 11.6 Å². The van der Waals surface area contributed by atoms with E-state index in [9.17, 15) is 13.9 Å². The maximum atomic E-state index is 14.6. The lowest BCUT2D eigenvalue weighted by molar-refractivity contribution is -0.0297. The number of nitrogens with zero attached hydrogens (tertiary/aromatic N) is 4. The van der Waals surface area contributed by atoms with Crippen LogP contribution in [-0.2, 0) is 19.2 Å². The Kier molecular flexibility index (Phi) is 6.89. The highest BCUT2D eigenvalue weighted by Crippen LogP contribution is 2.29. The summed E-state index contributed by atoms with van der Waals surface area (Å²) in [6.07, 6.45) is 8.79. The van der Waals surface area contributed by atoms with Crippen molar-refractivity contribution >= 4 is 22.6 Å². The van der Waals surface area contributed by atoms with E-state index in [0.29, 0.717) is 5.75 Å². The molecule has 0 fully saturated rings. The molecule has 0 saturated carbocycles. The summed E-state index contributed by atoms with van der Waals surface area (Å²) in [5, 5.41) is 16.5. The van der Waals surface area contributed by atoms with E-state index in [0.717, 1.165) is 34.3 Å². The van der Waals surface area contributed by atoms with Gasteiger partial charge in [-0.2, -0.15) is 5.10 Å². The summed E-state index contributed by atoms with van der Waals surface area (Å²) in [5.74, 6) is -1.14. The van der Waals surface area contributed by atoms with Crippen LogP contribution in [0.2, 0.25) is 0 Å². The van der Waals surface area contributed by atoms with Gasteiger partial charge in [0.2, 0.25) is 0 Å². The number of fused-ring (bicyclic) bond motifs is 1. The van der Waals surface area contributed by atoms with Crippen molar-refractivity contribution in [3.05, 3.63) is 127 Å². The molecule has 1 unspecified atom stereocenters. The molecule has 2 aromatic heterocycles. The first-order valence-corrected chi connectivity index (χ1v) is 12.0. The number of ether oxygens (including phenoxy) is 1. The zero-order chi connectivity index (χ0) is 26.7. The van der Waals surface area contributed by atoms with Gasteiger partial charge in [0.15, 0.2) is 0 Å². The summed E-state index contributed by atoms with van der Waals surface area (Å²) >= 11 is 0. The van der Waals surface area contributed by atoms with Crippen molar-refractivity contribution in [1.29, 1.82) is 0 Å². The van der Waals surface area contributed by atoms with Crippen LogP contribution in [0.5, 0.6) is 5.75 Å². The minimum atomic E-state index is -1.82. The van der Waals surface area contributed by atoms with E-state index >= 15 is 0 Å². The molecule has 0 aliphatic rings. The van der Waals surface area contributed by atoms with Crippen molar-refractivity contribution in [1.82, 2.24) is 19.3 Å². The second kappa shape index (κ2) is 10.4. The number of aromatic nitrogens is 4. The molecule has 0 spiro atoms. The smallest absolute Gasteiger partial charge is 0.146 e. The van der Waals surface area contributed by atoms with Gasteiger partial charge in [0.25, 0.3) is 0 Å². The molecule has 0 amide bonds. The van der Waals surface area contributed by atoms with Crippen LogP contribution in [0.3, 0.4) is 0 Å². The van der Waals surface area contributed by atoms with Crippen molar-refractivity contribution < 1.29 is 18.6 Å². The van der Waals surface area contributed by atoms with Crippen molar-refractivity contribution in [3.63, 3.8) is 0 Å². The Morgan fingerprint density at radius 3 is 2.63 bits per heavy atom. The predicted molar refractivity (Wildman–Crippen MR) is 143 cm³/mol. The molecule has 0 saturated heterocycles. The van der Waals surface area contributed by atoms with E-state index < -0.39 is 17.2 Å². The second-order valence-electron chi connectivity index (χ2n) is 9.13. The van der Waals surface area contributed by atoms with Gasteiger partial charge in [-0.05, 0) is 41.0 Å². The average molecular weight is 513 g/mol. The third-order valence-electron chi connectivity index (χ3n) is 6.42. The van der Waals surface area contributed by atoms with Crippen LogP contribution in [0.1, 0.15) is 16.7 Å². The fraction of sp³-hybridized carbons (Fsp3) is 0.133. The van der Waals surface area contributed by atoms with Gasteiger partial charge in [-0.15, -0.1) is 0 Å². The van der Waals surface area contributed by atoms with Gasteiger partial charge in [-0.25, -0.2) is 18.4 Å². The Bertz CT molecular complexity index is 1610. The number of hydrogen-bond acceptors (Lipinski definition) is 4. The highest BCUT2D eigenvalue weighted by atomic mass is 19.1. The Morgan fingerprint density at radius 2 is 1.89 bits per heavy atom. The molecule has 1 N–H and O–H groups in total. The molecular weight excluding hydrogens is 486 g/mol. The summed E-state index contributed by atoms with van der Waals surface area (Å²) in [6, 6.07) is 18.5. The highest BCUT2D eigenvalue weighted by Gasteiger charge is 2.34. The molecule has 5 rings (SSSR count). The van der Waals surface area contributed by atoms with Gasteiger partial charge < -0.3 is 14.4 Å². The first-order valence-electron chi connectivity index (χ1n) is 12.0. The molecule has 5 aromatic rings. The number of aryl methyl sites for hydroxylation is 1. The van der Waals surface area contributed by atoms with E-state index in [1.54, 1.807) is 12.1 Å². The third-order valence-corrected chi connectivity index (χ3v) is 6.42. The zero-order valence-corrected chi connectivity index (χ0v) is 20.8. The van der Waals surface area contributed by atoms with Gasteiger partial charge in [0, 0.05) is 35.8 Å². The summed E-state index contributed by atoms with van der Waals surface area (Å²) in [4.78, 5) is 3.86. The van der Waals surface area contributed by atoms with Gasteiger partial charge in [0.05, 0.1) is 6.54 Å². The maximum Gasteiger partial charge on any atom is 0.146 e. The molecule has 0 aliphatic heterocycles. The normalized spacial score (nSPS) is 13.2. The monoisotopic (exact) mass is 512 g/mol. The number of hydrogen-bond donors (Lipinski definition) is 1. The molecule has 6 nitrogen and oxygen atoms in total. The molecule has 38 heavy (non-hydrogen) atoms. The molecule has 8 heteroatoms. The van der Waals surface area contributed by atoms with Crippen molar-refractivity contribution in [2.75, 3.05) is 6.61 Å². The number of benzene rings is 3. The summed E-state index contributed by atoms with van der Waals surface area (Å²) in [6.45, 7) is 3.75. The lowest BCUT2D eigenvalue weighted by atomic mass is 9.94. The van der Waals surface area contributed by atoms with Gasteiger partial charge in [-0.3, -0.25) is 0 Å². The van der Waals surface area contributed by atoms with Crippen LogP contribution >= 0.6 is 0 Å². The largest absolute Gasteiger partial charge is 0.490 e. The van der Waals surface area contributed by atoms with E-state index in [1.807, 2.05) is 43.5 Å². The number of para-hydroxylation sites is 1. The van der Waals surface area contributed by atoms with Crippen LogP contribution in [0.15, 0.2) is 98.2 Å². The first-order chi connectivity index (χ1) is 18.3. The summed E-state index contributed by atoms with van der Waals surface area (Å²) in [5.41, 5.74) is 2.05. The van der Waals surface area contributed by atoms with E-state index in [2.05, 4.69) is 39.6 Å². The molecule has 0 radical (unpaired) electrons. The number of aliphatic hydroxyl groups is 1. The molecule has 2 heterocycles. The average Bonchev–Trinajstić information content (AvgIpc) is 3.54. The van der Waals surface area contributed by atoms with Gasteiger partial charge >= 0.3 is 0 Å². The molecule has 0 aliphatic carbocycles. The van der Waals surface area contributed by atoms with E-state index in [1.165, 1.54) is 28.8 Å². The molecular formula is C30H26F2N4O2. The number of rotatable bonds is 9. The molecule has 192 valence electrons. The fourth-order valence-electron chi connectivity index (χ4n) is 4.42.